The van der Waals surface area contributed by atoms with Crippen LogP contribution in [0, 0.1) is 18.3 Å². The molecule has 2 aromatic heterocycles. The van der Waals surface area contributed by atoms with Gasteiger partial charge < -0.3 is 30.6 Å². The van der Waals surface area contributed by atoms with Gasteiger partial charge in [-0.2, -0.15) is 0 Å². The van der Waals surface area contributed by atoms with Crippen LogP contribution in [0.2, 0.25) is 0 Å². The van der Waals surface area contributed by atoms with Crippen LogP contribution in [-0.2, 0) is 29.1 Å². The Balaban J connectivity index is 1.40. The van der Waals surface area contributed by atoms with Crippen LogP contribution in [-0.4, -0.2) is 103 Å². The molecular formula is C43H56N8O6S. The molecule has 0 spiro atoms. The quantitative estimate of drug-likeness (QED) is 0.0815. The fraction of sp³-hybridized carbons (Fsp3) is 0.442. The lowest BCUT2D eigenvalue weighted by Crippen LogP contribution is -2.60. The summed E-state index contributed by atoms with van der Waals surface area (Å²) < 4.78 is 0. The zero-order valence-electron chi connectivity index (χ0n) is 34.1. The molecule has 2 aromatic carbocycles. The number of hydrogen-bond acceptors (Lipinski definition) is 9. The molecule has 5 amide bonds. The average molecular weight is 813 g/mol. The van der Waals surface area contributed by atoms with Gasteiger partial charge in [0.25, 0.3) is 5.91 Å². The molecule has 15 heteroatoms. The molecule has 1 saturated heterocycles. The van der Waals surface area contributed by atoms with Crippen molar-refractivity contribution in [3.8, 4) is 11.3 Å². The first-order chi connectivity index (χ1) is 27.6. The number of rotatable bonds is 18. The van der Waals surface area contributed by atoms with Crippen LogP contribution in [0.4, 0.5) is 9.59 Å². The summed E-state index contributed by atoms with van der Waals surface area (Å²) in [7, 11) is 0. The van der Waals surface area contributed by atoms with Crippen molar-refractivity contribution in [3.05, 3.63) is 106 Å². The molecule has 0 aliphatic carbocycles. The molecular weight excluding hydrogens is 757 g/mol. The first-order valence-electron chi connectivity index (χ1n) is 19.7. The highest BCUT2D eigenvalue weighted by atomic mass is 32.1. The molecule has 0 radical (unpaired) electrons. The number of carbonyl (C=O) groups excluding carboxylic acids is 3. The summed E-state index contributed by atoms with van der Waals surface area (Å²) in [6, 6.07) is 19.8. The second kappa shape index (κ2) is 19.9. The number of amides is 5. The minimum absolute atomic E-state index is 0.132. The number of aliphatic hydroxyl groups excluding tert-OH is 1. The summed E-state index contributed by atoms with van der Waals surface area (Å²) in [5.74, 6) is -1.17. The van der Waals surface area contributed by atoms with Crippen LogP contribution in [0.3, 0.4) is 0 Å². The van der Waals surface area contributed by atoms with E-state index in [1.165, 1.54) is 11.3 Å². The molecule has 0 saturated carbocycles. The van der Waals surface area contributed by atoms with E-state index in [1.807, 2.05) is 98.9 Å². The standard InChI is InChI=1S/C43H56N8O6S/c1-7-28(2)37(51-22-21-49(42(51)57)25-33-27-58-29(3)45-33)39(53)46-35(23-30-13-9-8-10-14-30)36(52)26-50(48-40(54)38(43(4,5)6)47-41(55)56)24-31-16-18-32(19-17-31)34-15-11-12-20-44-34/h8-20,27-28,35-38,47,52H,7,21-26H2,1-6H3,(H,46,53)(H,48,54)(H,55,56)/t28-,35-,36-,37-,38+/m0/s1. The van der Waals surface area contributed by atoms with E-state index in [2.05, 4.69) is 26.0 Å². The number of nitrogens with zero attached hydrogens (tertiary/aromatic N) is 5. The first kappa shape index (κ1) is 43.7. The van der Waals surface area contributed by atoms with Crippen molar-refractivity contribution in [1.82, 2.24) is 40.8 Å². The van der Waals surface area contributed by atoms with Gasteiger partial charge in [-0.05, 0) is 47.9 Å². The zero-order chi connectivity index (χ0) is 42.0. The Hall–Kier alpha value is -5.38. The molecule has 0 unspecified atom stereocenters. The van der Waals surface area contributed by atoms with E-state index in [0.29, 0.717) is 26.1 Å². The number of pyridine rings is 1. The fourth-order valence-corrected chi connectivity index (χ4v) is 7.69. The van der Waals surface area contributed by atoms with Gasteiger partial charge in [0.2, 0.25) is 5.91 Å². The monoisotopic (exact) mass is 812 g/mol. The molecule has 5 rings (SSSR count). The van der Waals surface area contributed by atoms with Gasteiger partial charge in [0.05, 0.1) is 35.1 Å². The van der Waals surface area contributed by atoms with Crippen molar-refractivity contribution in [2.75, 3.05) is 19.6 Å². The van der Waals surface area contributed by atoms with Gasteiger partial charge in [0.15, 0.2) is 0 Å². The molecule has 5 N–H and O–H groups in total. The number of carboxylic acid groups (broad SMARTS) is 1. The smallest absolute Gasteiger partial charge is 0.405 e. The van der Waals surface area contributed by atoms with Crippen molar-refractivity contribution in [1.29, 1.82) is 0 Å². The highest BCUT2D eigenvalue weighted by Gasteiger charge is 2.41. The van der Waals surface area contributed by atoms with Crippen molar-refractivity contribution in [2.45, 2.75) is 91.7 Å². The third-order valence-electron chi connectivity index (χ3n) is 10.4. The highest BCUT2D eigenvalue weighted by molar-refractivity contribution is 7.09. The Bertz CT molecular complexity index is 1970. The highest BCUT2D eigenvalue weighted by Crippen LogP contribution is 2.25. The normalized spacial score (nSPS) is 15.8. The van der Waals surface area contributed by atoms with Gasteiger partial charge in [-0.15, -0.1) is 11.3 Å². The van der Waals surface area contributed by atoms with E-state index in [0.717, 1.165) is 33.1 Å². The Kier molecular flexibility index (Phi) is 15.0. The molecule has 14 nitrogen and oxygen atoms in total. The maximum atomic E-state index is 14.5. The van der Waals surface area contributed by atoms with Gasteiger partial charge in [-0.1, -0.05) is 102 Å². The number of aromatic nitrogens is 2. The topological polar surface area (TPSA) is 180 Å². The Morgan fingerprint density at radius 2 is 1.66 bits per heavy atom. The molecule has 1 aliphatic rings. The van der Waals surface area contributed by atoms with Gasteiger partial charge >= 0.3 is 12.1 Å². The van der Waals surface area contributed by atoms with Gasteiger partial charge in [0, 0.05) is 43.3 Å². The maximum Gasteiger partial charge on any atom is 0.405 e. The minimum atomic E-state index is -1.34. The third-order valence-corrected chi connectivity index (χ3v) is 11.2. The molecule has 3 heterocycles. The molecule has 0 bridgehead atoms. The largest absolute Gasteiger partial charge is 0.465 e. The van der Waals surface area contributed by atoms with E-state index >= 15 is 0 Å². The summed E-state index contributed by atoms with van der Waals surface area (Å²) in [6.45, 7) is 12.3. The fourth-order valence-electron chi connectivity index (χ4n) is 7.09. The van der Waals surface area contributed by atoms with Crippen LogP contribution >= 0.6 is 11.3 Å². The Morgan fingerprint density at radius 1 is 0.948 bits per heavy atom. The predicted molar refractivity (Wildman–Crippen MR) is 223 cm³/mol. The van der Waals surface area contributed by atoms with Crippen molar-refractivity contribution >= 4 is 35.3 Å². The van der Waals surface area contributed by atoms with Crippen LogP contribution in [0.1, 0.15) is 62.9 Å². The Labute approximate surface area is 344 Å². The molecule has 310 valence electrons. The van der Waals surface area contributed by atoms with E-state index < -0.39 is 41.6 Å². The zero-order valence-corrected chi connectivity index (χ0v) is 34.9. The molecule has 4 aromatic rings. The van der Waals surface area contributed by atoms with Crippen molar-refractivity contribution < 1.29 is 29.4 Å². The Morgan fingerprint density at radius 3 is 2.26 bits per heavy atom. The number of aliphatic hydroxyl groups is 1. The second-order valence-electron chi connectivity index (χ2n) is 16.0. The summed E-state index contributed by atoms with van der Waals surface area (Å²) in [5, 5.41) is 31.5. The number of thiazole rings is 1. The van der Waals surface area contributed by atoms with E-state index in [1.54, 1.807) is 41.8 Å². The van der Waals surface area contributed by atoms with Crippen LogP contribution in [0.5, 0.6) is 0 Å². The van der Waals surface area contributed by atoms with E-state index in [-0.39, 0.29) is 37.4 Å². The summed E-state index contributed by atoms with van der Waals surface area (Å²) in [6.07, 6.45) is 0.0459. The first-order valence-corrected chi connectivity index (χ1v) is 20.5. The molecule has 5 atom stereocenters. The van der Waals surface area contributed by atoms with E-state index in [4.69, 9.17) is 0 Å². The number of nitrogens with one attached hydrogen (secondary N) is 3. The van der Waals surface area contributed by atoms with Gasteiger partial charge in [-0.3, -0.25) is 20.0 Å². The second-order valence-corrected chi connectivity index (χ2v) is 17.0. The van der Waals surface area contributed by atoms with Gasteiger partial charge in [0.1, 0.15) is 12.1 Å². The molecule has 1 fully saturated rings. The minimum Gasteiger partial charge on any atom is -0.465 e. The lowest BCUT2D eigenvalue weighted by atomic mass is 9.86. The maximum absolute atomic E-state index is 14.5. The van der Waals surface area contributed by atoms with E-state index in [9.17, 15) is 29.4 Å². The summed E-state index contributed by atoms with van der Waals surface area (Å²) in [5.41, 5.74) is 6.27. The number of carbonyl (C=O) groups is 4. The molecule has 58 heavy (non-hydrogen) atoms. The summed E-state index contributed by atoms with van der Waals surface area (Å²) >= 11 is 1.53. The van der Waals surface area contributed by atoms with Crippen molar-refractivity contribution in [3.63, 3.8) is 0 Å². The third kappa shape index (κ3) is 11.8. The predicted octanol–water partition coefficient (Wildman–Crippen LogP) is 5.47. The average Bonchev–Trinajstić information content (AvgIpc) is 3.77. The number of aryl methyl sites for hydroxylation is 1. The molecule has 1 aliphatic heterocycles. The SMILES string of the molecule is CC[C@H](C)[C@@H](C(=O)N[C@@H](Cc1ccccc1)[C@@H](O)CN(Cc1ccc(-c2ccccn2)cc1)NC(=O)[C@@H](NC(=O)O)C(C)(C)C)N1CCN(Cc2csc(C)n2)C1=O. The number of hydrogen-bond donors (Lipinski definition) is 5. The lowest BCUT2D eigenvalue weighted by molar-refractivity contribution is -0.132. The van der Waals surface area contributed by atoms with Crippen LogP contribution < -0.4 is 16.1 Å². The summed E-state index contributed by atoms with van der Waals surface area (Å²) in [4.78, 5) is 66.1. The van der Waals surface area contributed by atoms with Crippen LogP contribution in [0.25, 0.3) is 11.3 Å². The van der Waals surface area contributed by atoms with Crippen LogP contribution in [0.15, 0.2) is 84.4 Å². The van der Waals surface area contributed by atoms with Crippen molar-refractivity contribution in [2.24, 2.45) is 11.3 Å². The number of urea groups is 1. The van der Waals surface area contributed by atoms with Gasteiger partial charge in [-0.25, -0.2) is 19.6 Å². The number of hydrazine groups is 1. The lowest BCUT2D eigenvalue weighted by Gasteiger charge is -2.36. The number of benzene rings is 2.